The number of rotatable bonds is 7. The van der Waals surface area contributed by atoms with Crippen LogP contribution in [0.15, 0.2) is 18.2 Å². The molecule has 0 N–H and O–H groups in total. The molecule has 0 aliphatic carbocycles. The number of aryl methyl sites for hydroxylation is 1. The summed E-state index contributed by atoms with van der Waals surface area (Å²) in [4.78, 5) is 17.3. The molecule has 1 aromatic carbocycles. The third-order valence-corrected chi connectivity index (χ3v) is 4.18. The van der Waals surface area contributed by atoms with E-state index in [0.29, 0.717) is 13.2 Å². The fourth-order valence-electron chi connectivity index (χ4n) is 2.75. The SMILES string of the molecule is CCCOc1ccc(C)cc1C(=O)CN1CCN(CC)CC1. The van der Waals surface area contributed by atoms with E-state index < -0.39 is 0 Å². The van der Waals surface area contributed by atoms with E-state index in [1.807, 2.05) is 25.1 Å². The van der Waals surface area contributed by atoms with Crippen LogP contribution in [0.2, 0.25) is 0 Å². The van der Waals surface area contributed by atoms with Crippen LogP contribution in [-0.2, 0) is 0 Å². The summed E-state index contributed by atoms with van der Waals surface area (Å²) in [6.07, 6.45) is 0.945. The first kappa shape index (κ1) is 17.0. The number of ketones is 1. The van der Waals surface area contributed by atoms with Gasteiger partial charge < -0.3 is 9.64 Å². The minimum atomic E-state index is 0.166. The molecule has 0 bridgehead atoms. The second-order valence-electron chi connectivity index (χ2n) is 5.98. The molecule has 0 saturated carbocycles. The quantitative estimate of drug-likeness (QED) is 0.725. The molecule has 4 heteroatoms. The molecule has 1 aliphatic rings. The van der Waals surface area contributed by atoms with Crippen molar-refractivity contribution in [2.75, 3.05) is 45.9 Å². The van der Waals surface area contributed by atoms with Crippen molar-refractivity contribution in [3.63, 3.8) is 0 Å². The fourth-order valence-corrected chi connectivity index (χ4v) is 2.75. The Morgan fingerprint density at radius 1 is 1.14 bits per heavy atom. The van der Waals surface area contributed by atoms with Gasteiger partial charge in [0.05, 0.1) is 18.7 Å². The zero-order valence-corrected chi connectivity index (χ0v) is 14.1. The van der Waals surface area contributed by atoms with Crippen molar-refractivity contribution in [2.45, 2.75) is 27.2 Å². The highest BCUT2D eigenvalue weighted by atomic mass is 16.5. The van der Waals surface area contributed by atoms with Crippen molar-refractivity contribution in [1.82, 2.24) is 9.80 Å². The van der Waals surface area contributed by atoms with Gasteiger partial charge in [-0.2, -0.15) is 0 Å². The standard InChI is InChI=1S/C18H28N2O2/c1-4-12-22-18-7-6-15(3)13-16(18)17(21)14-20-10-8-19(5-2)9-11-20/h6-7,13H,4-5,8-12,14H2,1-3H3. The molecule has 0 unspecified atom stereocenters. The number of piperazine rings is 1. The molecule has 2 rings (SSSR count). The summed E-state index contributed by atoms with van der Waals surface area (Å²) in [5, 5.41) is 0. The van der Waals surface area contributed by atoms with E-state index in [2.05, 4.69) is 23.6 Å². The lowest BCUT2D eigenvalue weighted by Gasteiger charge is -2.33. The van der Waals surface area contributed by atoms with Crippen molar-refractivity contribution in [1.29, 1.82) is 0 Å². The van der Waals surface area contributed by atoms with Crippen LogP contribution in [0.4, 0.5) is 0 Å². The van der Waals surface area contributed by atoms with Gasteiger partial charge in [0.2, 0.25) is 0 Å². The van der Waals surface area contributed by atoms with Gasteiger partial charge in [0.15, 0.2) is 5.78 Å². The van der Waals surface area contributed by atoms with Crippen molar-refractivity contribution in [3.8, 4) is 5.75 Å². The van der Waals surface area contributed by atoms with Gasteiger partial charge in [0, 0.05) is 26.2 Å². The normalized spacial score (nSPS) is 16.7. The summed E-state index contributed by atoms with van der Waals surface area (Å²) in [5.41, 5.74) is 1.83. The molecular formula is C18H28N2O2. The Bertz CT molecular complexity index is 494. The molecule has 1 fully saturated rings. The number of hydrogen-bond donors (Lipinski definition) is 0. The lowest BCUT2D eigenvalue weighted by Crippen LogP contribution is -2.47. The largest absolute Gasteiger partial charge is 0.493 e. The molecule has 0 aromatic heterocycles. The molecule has 0 atom stereocenters. The molecule has 1 heterocycles. The molecule has 1 saturated heterocycles. The molecule has 22 heavy (non-hydrogen) atoms. The highest BCUT2D eigenvalue weighted by Gasteiger charge is 2.20. The van der Waals surface area contributed by atoms with Crippen molar-refractivity contribution < 1.29 is 9.53 Å². The van der Waals surface area contributed by atoms with Crippen LogP contribution in [0.25, 0.3) is 0 Å². The third kappa shape index (κ3) is 4.55. The van der Waals surface area contributed by atoms with Gasteiger partial charge in [-0.3, -0.25) is 9.69 Å². The molecule has 122 valence electrons. The van der Waals surface area contributed by atoms with Gasteiger partial charge in [-0.15, -0.1) is 0 Å². The molecule has 1 aliphatic heterocycles. The number of likely N-dealkylation sites (N-methyl/N-ethyl adjacent to an activating group) is 1. The summed E-state index contributed by atoms with van der Waals surface area (Å²) < 4.78 is 5.74. The van der Waals surface area contributed by atoms with Crippen LogP contribution in [0.5, 0.6) is 5.75 Å². The first-order valence-corrected chi connectivity index (χ1v) is 8.35. The predicted octanol–water partition coefficient (Wildman–Crippen LogP) is 2.60. The van der Waals surface area contributed by atoms with Crippen LogP contribution in [-0.4, -0.2) is 61.5 Å². The van der Waals surface area contributed by atoms with E-state index in [-0.39, 0.29) is 5.78 Å². The molecule has 4 nitrogen and oxygen atoms in total. The van der Waals surface area contributed by atoms with E-state index in [4.69, 9.17) is 4.74 Å². The number of carbonyl (C=O) groups excluding carboxylic acids is 1. The highest BCUT2D eigenvalue weighted by molar-refractivity contribution is 6.00. The van der Waals surface area contributed by atoms with Crippen LogP contribution in [0, 0.1) is 6.92 Å². The van der Waals surface area contributed by atoms with Gasteiger partial charge in [-0.1, -0.05) is 25.5 Å². The zero-order chi connectivity index (χ0) is 15.9. The minimum absolute atomic E-state index is 0.166. The van der Waals surface area contributed by atoms with Crippen LogP contribution < -0.4 is 4.74 Å². The molecule has 0 spiro atoms. The topological polar surface area (TPSA) is 32.8 Å². The fraction of sp³-hybridized carbons (Fsp3) is 0.611. The maximum atomic E-state index is 12.7. The van der Waals surface area contributed by atoms with Gasteiger partial charge >= 0.3 is 0 Å². The van der Waals surface area contributed by atoms with Gasteiger partial charge in [0.1, 0.15) is 5.75 Å². The average Bonchev–Trinajstić information content (AvgIpc) is 2.54. The first-order valence-electron chi connectivity index (χ1n) is 8.35. The van der Waals surface area contributed by atoms with Crippen molar-refractivity contribution >= 4 is 5.78 Å². The Kier molecular flexibility index (Phi) is 6.40. The number of benzene rings is 1. The lowest BCUT2D eigenvalue weighted by atomic mass is 10.1. The Hall–Kier alpha value is -1.39. The van der Waals surface area contributed by atoms with E-state index in [0.717, 1.165) is 56.0 Å². The van der Waals surface area contributed by atoms with E-state index in [1.165, 1.54) is 0 Å². The third-order valence-electron chi connectivity index (χ3n) is 4.18. The van der Waals surface area contributed by atoms with Crippen LogP contribution >= 0.6 is 0 Å². The van der Waals surface area contributed by atoms with Gasteiger partial charge in [-0.25, -0.2) is 0 Å². The number of hydrogen-bond acceptors (Lipinski definition) is 4. The summed E-state index contributed by atoms with van der Waals surface area (Å²) >= 11 is 0. The monoisotopic (exact) mass is 304 g/mol. The van der Waals surface area contributed by atoms with Crippen molar-refractivity contribution in [2.24, 2.45) is 0 Å². The van der Waals surface area contributed by atoms with E-state index in [1.54, 1.807) is 0 Å². The lowest BCUT2D eigenvalue weighted by molar-refractivity contribution is 0.0855. The summed E-state index contributed by atoms with van der Waals surface area (Å²) in [7, 11) is 0. The number of carbonyl (C=O) groups is 1. The number of Topliss-reactive ketones (excluding diaryl/α,β-unsaturated/α-hetero) is 1. The highest BCUT2D eigenvalue weighted by Crippen LogP contribution is 2.21. The molecule has 1 aromatic rings. The second-order valence-corrected chi connectivity index (χ2v) is 5.98. The summed E-state index contributed by atoms with van der Waals surface area (Å²) in [6.45, 7) is 12.5. The zero-order valence-electron chi connectivity index (χ0n) is 14.1. The van der Waals surface area contributed by atoms with Crippen LogP contribution in [0.1, 0.15) is 36.2 Å². The van der Waals surface area contributed by atoms with E-state index >= 15 is 0 Å². The Balaban J connectivity index is 2.01. The Morgan fingerprint density at radius 2 is 1.82 bits per heavy atom. The van der Waals surface area contributed by atoms with Crippen molar-refractivity contribution in [3.05, 3.63) is 29.3 Å². The Morgan fingerprint density at radius 3 is 2.45 bits per heavy atom. The Labute approximate surface area is 134 Å². The molecular weight excluding hydrogens is 276 g/mol. The minimum Gasteiger partial charge on any atom is -0.493 e. The average molecular weight is 304 g/mol. The van der Waals surface area contributed by atoms with Gasteiger partial charge in [0.25, 0.3) is 0 Å². The summed E-state index contributed by atoms with van der Waals surface area (Å²) in [6, 6.07) is 5.88. The maximum absolute atomic E-state index is 12.7. The second kappa shape index (κ2) is 8.30. The molecule has 0 radical (unpaired) electrons. The van der Waals surface area contributed by atoms with Gasteiger partial charge in [-0.05, 0) is 32.0 Å². The maximum Gasteiger partial charge on any atom is 0.180 e. The summed E-state index contributed by atoms with van der Waals surface area (Å²) in [5.74, 6) is 0.893. The number of ether oxygens (including phenoxy) is 1. The smallest absolute Gasteiger partial charge is 0.180 e. The molecule has 0 amide bonds. The number of nitrogens with zero attached hydrogens (tertiary/aromatic N) is 2. The first-order chi connectivity index (χ1) is 10.6. The van der Waals surface area contributed by atoms with Crippen LogP contribution in [0.3, 0.4) is 0 Å². The van der Waals surface area contributed by atoms with E-state index in [9.17, 15) is 4.79 Å². The predicted molar refractivity (Wildman–Crippen MR) is 89.8 cm³/mol.